The average Bonchev–Trinajstić information content (AvgIpc) is 3.05. The number of aryl methyl sites for hydroxylation is 3. The van der Waals surface area contributed by atoms with Crippen LogP contribution in [0.1, 0.15) is 51.8 Å². The van der Waals surface area contributed by atoms with Crippen molar-refractivity contribution in [2.75, 3.05) is 26.2 Å². The molecule has 7 nitrogen and oxygen atoms in total. The molecular formula is C26H29N5O2. The summed E-state index contributed by atoms with van der Waals surface area (Å²) >= 11 is 0. The number of hydrogen-bond donors (Lipinski definition) is 0. The molecule has 0 bridgehead atoms. The number of carbonyl (C=O) groups excluding carboxylic acids is 2. The van der Waals surface area contributed by atoms with Crippen molar-refractivity contribution in [3.63, 3.8) is 0 Å². The van der Waals surface area contributed by atoms with Gasteiger partial charge >= 0.3 is 0 Å². The first-order chi connectivity index (χ1) is 15.9. The quantitative estimate of drug-likeness (QED) is 0.584. The maximum absolute atomic E-state index is 13.4. The number of hydrogen-bond acceptors (Lipinski definition) is 4. The summed E-state index contributed by atoms with van der Waals surface area (Å²) in [6, 6.07) is 8.49. The fraction of sp³-hybridized carbons (Fsp3) is 0.385. The molecule has 7 heteroatoms. The van der Waals surface area contributed by atoms with E-state index >= 15 is 0 Å². The van der Waals surface area contributed by atoms with E-state index in [-0.39, 0.29) is 11.8 Å². The highest BCUT2D eigenvalue weighted by atomic mass is 16.2. The summed E-state index contributed by atoms with van der Waals surface area (Å²) in [5, 5.41) is 4.51. The number of aromatic nitrogens is 3. The average molecular weight is 444 g/mol. The zero-order valence-corrected chi connectivity index (χ0v) is 19.7. The molecule has 4 rings (SSSR count). The van der Waals surface area contributed by atoms with Crippen LogP contribution in [0, 0.1) is 32.6 Å². The van der Waals surface area contributed by atoms with Crippen LogP contribution in [-0.2, 0) is 11.2 Å². The van der Waals surface area contributed by atoms with Crippen molar-refractivity contribution in [1.29, 1.82) is 0 Å². The third-order valence-electron chi connectivity index (χ3n) is 6.24. The number of amides is 2. The van der Waals surface area contributed by atoms with E-state index in [1.807, 2.05) is 13.8 Å². The largest absolute Gasteiger partial charge is 0.337 e. The topological polar surface area (TPSA) is 70.8 Å². The molecule has 0 atom stereocenters. The zero-order chi connectivity index (χ0) is 23.5. The number of fused-ring (bicyclic) bond motifs is 1. The maximum atomic E-state index is 13.4. The van der Waals surface area contributed by atoms with Crippen molar-refractivity contribution in [3.05, 3.63) is 64.1 Å². The number of rotatable bonds is 3. The lowest BCUT2D eigenvalue weighted by Crippen LogP contribution is -2.37. The monoisotopic (exact) mass is 443 g/mol. The molecule has 1 aliphatic rings. The lowest BCUT2D eigenvalue weighted by molar-refractivity contribution is -0.125. The van der Waals surface area contributed by atoms with Gasteiger partial charge in [0.15, 0.2) is 5.65 Å². The lowest BCUT2D eigenvalue weighted by Gasteiger charge is -2.20. The molecule has 2 aromatic heterocycles. The molecule has 0 unspecified atom stereocenters. The summed E-state index contributed by atoms with van der Waals surface area (Å²) in [5.74, 6) is 4.96. The van der Waals surface area contributed by atoms with Crippen LogP contribution in [0.3, 0.4) is 0 Å². The van der Waals surface area contributed by atoms with Gasteiger partial charge in [-0.15, -0.1) is 0 Å². The molecule has 0 spiro atoms. The minimum Gasteiger partial charge on any atom is -0.337 e. The molecule has 1 saturated heterocycles. The second kappa shape index (κ2) is 9.45. The molecule has 0 saturated carbocycles. The summed E-state index contributed by atoms with van der Waals surface area (Å²) in [7, 11) is 0. The highest BCUT2D eigenvalue weighted by Gasteiger charge is 2.26. The Kier molecular flexibility index (Phi) is 6.45. The van der Waals surface area contributed by atoms with Crippen molar-refractivity contribution in [2.24, 2.45) is 0 Å². The Balaban J connectivity index is 1.58. The van der Waals surface area contributed by atoms with Crippen LogP contribution in [-0.4, -0.2) is 62.4 Å². The first-order valence-electron chi connectivity index (χ1n) is 11.3. The van der Waals surface area contributed by atoms with Gasteiger partial charge in [-0.2, -0.15) is 5.10 Å². The van der Waals surface area contributed by atoms with Crippen LogP contribution in [0.2, 0.25) is 0 Å². The molecule has 33 heavy (non-hydrogen) atoms. The second-order valence-corrected chi connectivity index (χ2v) is 8.53. The second-order valence-electron chi connectivity index (χ2n) is 8.53. The third kappa shape index (κ3) is 4.61. The summed E-state index contributed by atoms with van der Waals surface area (Å²) in [5.41, 5.74) is 6.54. The Bertz CT molecular complexity index is 1260. The highest BCUT2D eigenvalue weighted by molar-refractivity contribution is 6.00. The van der Waals surface area contributed by atoms with Gasteiger partial charge in [0.05, 0.1) is 6.20 Å². The molecule has 0 N–H and O–H groups in total. The first kappa shape index (κ1) is 22.5. The molecular weight excluding hydrogens is 414 g/mol. The lowest BCUT2D eigenvalue weighted by atomic mass is 10.0. The Labute approximate surface area is 194 Å². The van der Waals surface area contributed by atoms with E-state index < -0.39 is 0 Å². The SMILES string of the molecule is CC#CC(=O)N1CCCN(C(=O)c2cnn3c(C)c(Cc4ccc(C)cc4)c(C)nc23)CC1. The van der Waals surface area contributed by atoms with Crippen molar-refractivity contribution in [2.45, 2.75) is 40.5 Å². The molecule has 170 valence electrons. The van der Waals surface area contributed by atoms with E-state index in [0.717, 1.165) is 23.4 Å². The maximum Gasteiger partial charge on any atom is 0.298 e. The first-order valence-corrected chi connectivity index (χ1v) is 11.3. The van der Waals surface area contributed by atoms with E-state index in [9.17, 15) is 9.59 Å². The molecule has 0 aliphatic carbocycles. The zero-order valence-electron chi connectivity index (χ0n) is 19.7. The van der Waals surface area contributed by atoms with Crippen LogP contribution in [0.15, 0.2) is 30.5 Å². The summed E-state index contributed by atoms with van der Waals surface area (Å²) in [6.45, 7) is 9.88. The molecule has 3 aromatic rings. The highest BCUT2D eigenvalue weighted by Crippen LogP contribution is 2.22. The summed E-state index contributed by atoms with van der Waals surface area (Å²) < 4.78 is 1.77. The van der Waals surface area contributed by atoms with Gasteiger partial charge in [-0.05, 0) is 51.2 Å². The fourth-order valence-electron chi connectivity index (χ4n) is 4.31. The van der Waals surface area contributed by atoms with Crippen molar-refractivity contribution in [1.82, 2.24) is 24.4 Å². The van der Waals surface area contributed by atoms with Gasteiger partial charge in [-0.1, -0.05) is 35.7 Å². The van der Waals surface area contributed by atoms with Gasteiger partial charge in [0.25, 0.3) is 11.8 Å². The van der Waals surface area contributed by atoms with Crippen LogP contribution in [0.4, 0.5) is 0 Å². The van der Waals surface area contributed by atoms with Crippen LogP contribution in [0.5, 0.6) is 0 Å². The molecule has 3 heterocycles. The Morgan fingerprint density at radius 3 is 2.42 bits per heavy atom. The Hall–Kier alpha value is -3.66. The van der Waals surface area contributed by atoms with Crippen molar-refractivity contribution in [3.8, 4) is 11.8 Å². The number of carbonyl (C=O) groups is 2. The van der Waals surface area contributed by atoms with E-state index in [1.54, 1.807) is 27.4 Å². The predicted octanol–water partition coefficient (Wildman–Crippen LogP) is 2.94. The molecule has 1 aromatic carbocycles. The van der Waals surface area contributed by atoms with Crippen LogP contribution < -0.4 is 0 Å². The Morgan fingerprint density at radius 2 is 1.70 bits per heavy atom. The molecule has 0 radical (unpaired) electrons. The minimum absolute atomic E-state index is 0.0986. The predicted molar refractivity (Wildman–Crippen MR) is 127 cm³/mol. The normalized spacial score (nSPS) is 14.1. The van der Waals surface area contributed by atoms with Gasteiger partial charge in [-0.3, -0.25) is 9.59 Å². The number of nitrogens with zero attached hydrogens (tertiary/aromatic N) is 5. The van der Waals surface area contributed by atoms with Gasteiger partial charge in [0.1, 0.15) is 5.56 Å². The Morgan fingerprint density at radius 1 is 1.00 bits per heavy atom. The van der Waals surface area contributed by atoms with Crippen molar-refractivity contribution < 1.29 is 9.59 Å². The summed E-state index contributed by atoms with van der Waals surface area (Å²) in [4.78, 5) is 33.8. The molecule has 2 amide bonds. The van der Waals surface area contributed by atoms with Gasteiger partial charge in [0.2, 0.25) is 0 Å². The van der Waals surface area contributed by atoms with Crippen molar-refractivity contribution >= 4 is 17.5 Å². The minimum atomic E-state index is -0.184. The number of benzene rings is 1. The standard InChI is InChI=1S/C26H29N5O2/c1-5-7-24(32)29-12-6-13-30(15-14-29)26(33)23-17-27-31-20(4)22(19(3)28-25(23)31)16-21-10-8-18(2)9-11-21/h8-11,17H,6,12-16H2,1-4H3. The summed E-state index contributed by atoms with van der Waals surface area (Å²) in [6.07, 6.45) is 3.10. The smallest absolute Gasteiger partial charge is 0.298 e. The van der Waals surface area contributed by atoms with Gasteiger partial charge in [0, 0.05) is 44.0 Å². The van der Waals surface area contributed by atoms with Crippen LogP contribution in [0.25, 0.3) is 5.65 Å². The molecule has 1 fully saturated rings. The van der Waals surface area contributed by atoms with E-state index in [0.29, 0.717) is 43.8 Å². The van der Waals surface area contributed by atoms with Gasteiger partial charge in [-0.25, -0.2) is 9.50 Å². The van der Waals surface area contributed by atoms with Gasteiger partial charge < -0.3 is 9.80 Å². The van der Waals surface area contributed by atoms with E-state index in [4.69, 9.17) is 4.98 Å². The van der Waals surface area contributed by atoms with Crippen LogP contribution >= 0.6 is 0 Å². The van der Waals surface area contributed by atoms with E-state index in [2.05, 4.69) is 48.1 Å². The fourth-order valence-corrected chi connectivity index (χ4v) is 4.31. The van der Waals surface area contributed by atoms with E-state index in [1.165, 1.54) is 11.1 Å². The third-order valence-corrected chi connectivity index (χ3v) is 6.24. The molecule has 1 aliphatic heterocycles.